The van der Waals surface area contributed by atoms with Gasteiger partial charge in [-0.15, -0.1) is 0 Å². The molecule has 0 saturated carbocycles. The Balaban J connectivity index is 2.87. The van der Waals surface area contributed by atoms with Crippen LogP contribution in [0.3, 0.4) is 0 Å². The van der Waals surface area contributed by atoms with E-state index in [0.717, 1.165) is 5.56 Å². The molecule has 1 N–H and O–H groups in total. The zero-order valence-electron chi connectivity index (χ0n) is 8.36. The van der Waals surface area contributed by atoms with Gasteiger partial charge < -0.3 is 0 Å². The summed E-state index contributed by atoms with van der Waals surface area (Å²) in [6.07, 6.45) is 1.93. The van der Waals surface area contributed by atoms with Gasteiger partial charge in [0.15, 0.2) is 0 Å². The third kappa shape index (κ3) is 3.71. The number of hydrogen-bond donors (Lipinski definition) is 1. The van der Waals surface area contributed by atoms with Gasteiger partial charge in [0.1, 0.15) is 0 Å². The van der Waals surface area contributed by atoms with E-state index in [9.17, 15) is 13.2 Å². The lowest BCUT2D eigenvalue weighted by Crippen LogP contribution is -2.14. The smallest absolute Gasteiger partial charge is 0.232 e. The zero-order valence-corrected chi connectivity index (χ0v) is 9.17. The average Bonchev–Trinajstić information content (AvgIpc) is 2.18. The summed E-state index contributed by atoms with van der Waals surface area (Å²) in [4.78, 5) is 10.2. The van der Waals surface area contributed by atoms with Crippen molar-refractivity contribution in [2.24, 2.45) is 0 Å². The molecule has 1 rings (SSSR count). The SMILES string of the molecule is CCS(=O)(=O)Nc1cccc(C[C]=O)c1. The first kappa shape index (κ1) is 11.7. The first-order chi connectivity index (χ1) is 7.07. The molecule has 1 aromatic carbocycles. The number of carbonyl (C=O) groups excluding carboxylic acids is 1. The Morgan fingerprint density at radius 1 is 1.40 bits per heavy atom. The van der Waals surface area contributed by atoms with E-state index < -0.39 is 10.0 Å². The van der Waals surface area contributed by atoms with Gasteiger partial charge in [-0.2, -0.15) is 0 Å². The molecule has 0 unspecified atom stereocenters. The normalized spacial score (nSPS) is 11.0. The van der Waals surface area contributed by atoms with Gasteiger partial charge in [0.2, 0.25) is 16.3 Å². The van der Waals surface area contributed by atoms with Crippen LogP contribution < -0.4 is 4.72 Å². The van der Waals surface area contributed by atoms with Gasteiger partial charge in [0, 0.05) is 12.1 Å². The molecule has 81 valence electrons. The quantitative estimate of drug-likeness (QED) is 0.817. The molecule has 0 heterocycles. The number of anilines is 1. The second-order valence-electron chi connectivity index (χ2n) is 3.03. The first-order valence-electron chi connectivity index (χ1n) is 4.52. The van der Waals surface area contributed by atoms with Crippen molar-refractivity contribution in [2.75, 3.05) is 10.5 Å². The monoisotopic (exact) mass is 226 g/mol. The maximum absolute atomic E-state index is 11.2. The fourth-order valence-electron chi connectivity index (χ4n) is 1.08. The van der Waals surface area contributed by atoms with Crippen molar-refractivity contribution in [2.45, 2.75) is 13.3 Å². The molecule has 0 aromatic heterocycles. The molecule has 0 aliphatic carbocycles. The van der Waals surface area contributed by atoms with E-state index in [1.54, 1.807) is 37.5 Å². The van der Waals surface area contributed by atoms with Crippen LogP contribution in [0.2, 0.25) is 0 Å². The van der Waals surface area contributed by atoms with Crippen LogP contribution in [-0.4, -0.2) is 20.5 Å². The van der Waals surface area contributed by atoms with E-state index in [4.69, 9.17) is 0 Å². The largest absolute Gasteiger partial charge is 0.291 e. The van der Waals surface area contributed by atoms with Crippen LogP contribution in [-0.2, 0) is 21.2 Å². The number of sulfonamides is 1. The Bertz CT molecular complexity index is 440. The minimum Gasteiger partial charge on any atom is -0.291 e. The molecular weight excluding hydrogens is 214 g/mol. The highest BCUT2D eigenvalue weighted by Crippen LogP contribution is 2.12. The Hall–Kier alpha value is -1.36. The maximum atomic E-state index is 11.2. The minimum atomic E-state index is -3.25. The molecular formula is C10H12NO3S. The van der Waals surface area contributed by atoms with E-state index >= 15 is 0 Å². The van der Waals surface area contributed by atoms with E-state index in [1.165, 1.54) is 0 Å². The van der Waals surface area contributed by atoms with Crippen LogP contribution in [0.25, 0.3) is 0 Å². The Morgan fingerprint density at radius 3 is 2.73 bits per heavy atom. The Morgan fingerprint density at radius 2 is 2.13 bits per heavy atom. The van der Waals surface area contributed by atoms with Crippen LogP contribution >= 0.6 is 0 Å². The highest BCUT2D eigenvalue weighted by Gasteiger charge is 2.06. The van der Waals surface area contributed by atoms with Gasteiger partial charge in [-0.3, -0.25) is 9.52 Å². The van der Waals surface area contributed by atoms with Gasteiger partial charge in [-0.25, -0.2) is 8.42 Å². The molecule has 0 aliphatic rings. The third-order valence-electron chi connectivity index (χ3n) is 1.86. The predicted octanol–water partition coefficient (Wildman–Crippen LogP) is 1.10. The lowest BCUT2D eigenvalue weighted by molar-refractivity contribution is 0.555. The van der Waals surface area contributed by atoms with Gasteiger partial charge in [-0.05, 0) is 24.6 Å². The number of hydrogen-bond acceptors (Lipinski definition) is 3. The van der Waals surface area contributed by atoms with Crippen LogP contribution in [0.15, 0.2) is 24.3 Å². The number of nitrogens with one attached hydrogen (secondary N) is 1. The zero-order chi connectivity index (χ0) is 11.3. The second kappa shape index (κ2) is 4.93. The van der Waals surface area contributed by atoms with Crippen LogP contribution in [0.5, 0.6) is 0 Å². The predicted molar refractivity (Wildman–Crippen MR) is 58.9 cm³/mol. The third-order valence-corrected chi connectivity index (χ3v) is 3.16. The standard InChI is InChI=1S/C10H12NO3S/c1-2-15(13,14)11-10-5-3-4-9(8-10)6-7-12/h3-5,8,11H,2,6H2,1H3. The van der Waals surface area contributed by atoms with Gasteiger partial charge in [-0.1, -0.05) is 12.1 Å². The minimum absolute atomic E-state index is 0.0248. The fourth-order valence-corrected chi connectivity index (χ4v) is 1.71. The van der Waals surface area contributed by atoms with Crippen molar-refractivity contribution in [1.82, 2.24) is 0 Å². The van der Waals surface area contributed by atoms with Crippen molar-refractivity contribution >= 4 is 22.0 Å². The summed E-state index contributed by atoms with van der Waals surface area (Å²) >= 11 is 0. The number of benzene rings is 1. The average molecular weight is 226 g/mol. The fraction of sp³-hybridized carbons (Fsp3) is 0.300. The van der Waals surface area contributed by atoms with Crippen molar-refractivity contribution in [3.8, 4) is 0 Å². The second-order valence-corrected chi connectivity index (χ2v) is 5.04. The summed E-state index contributed by atoms with van der Waals surface area (Å²) < 4.78 is 24.9. The van der Waals surface area contributed by atoms with Crippen LogP contribution in [0.1, 0.15) is 12.5 Å². The van der Waals surface area contributed by atoms with E-state index in [1.807, 2.05) is 0 Å². The molecule has 5 heteroatoms. The molecule has 4 nitrogen and oxygen atoms in total. The highest BCUT2D eigenvalue weighted by atomic mass is 32.2. The molecule has 1 radical (unpaired) electrons. The topological polar surface area (TPSA) is 63.2 Å². The van der Waals surface area contributed by atoms with Gasteiger partial charge in [0.25, 0.3) is 0 Å². The van der Waals surface area contributed by atoms with Crippen molar-refractivity contribution in [3.63, 3.8) is 0 Å². The lowest BCUT2D eigenvalue weighted by Gasteiger charge is -2.06. The molecule has 0 atom stereocenters. The summed E-state index contributed by atoms with van der Waals surface area (Å²) in [5.74, 6) is 0.0248. The molecule has 0 amide bonds. The van der Waals surface area contributed by atoms with Crippen molar-refractivity contribution in [3.05, 3.63) is 29.8 Å². The molecule has 15 heavy (non-hydrogen) atoms. The first-order valence-corrected chi connectivity index (χ1v) is 6.17. The van der Waals surface area contributed by atoms with Crippen LogP contribution in [0, 0.1) is 0 Å². The van der Waals surface area contributed by atoms with E-state index in [2.05, 4.69) is 4.72 Å². The van der Waals surface area contributed by atoms with E-state index in [-0.39, 0.29) is 12.2 Å². The van der Waals surface area contributed by atoms with Crippen molar-refractivity contribution < 1.29 is 13.2 Å². The molecule has 1 aromatic rings. The summed E-state index contributed by atoms with van der Waals surface area (Å²) in [6.45, 7) is 1.56. The van der Waals surface area contributed by atoms with E-state index in [0.29, 0.717) is 5.69 Å². The maximum Gasteiger partial charge on any atom is 0.232 e. The summed E-state index contributed by atoms with van der Waals surface area (Å²) in [5.41, 5.74) is 1.21. The molecule has 0 bridgehead atoms. The lowest BCUT2D eigenvalue weighted by atomic mass is 10.1. The summed E-state index contributed by atoms with van der Waals surface area (Å²) in [5, 5.41) is 0. The Kier molecular flexibility index (Phi) is 3.85. The number of rotatable bonds is 5. The summed E-state index contributed by atoms with van der Waals surface area (Å²) in [6, 6.07) is 6.70. The van der Waals surface area contributed by atoms with Gasteiger partial charge in [0.05, 0.1) is 5.75 Å². The highest BCUT2D eigenvalue weighted by molar-refractivity contribution is 7.92. The molecule has 0 aliphatic heterocycles. The molecule has 0 fully saturated rings. The Labute approximate surface area is 89.4 Å². The summed E-state index contributed by atoms with van der Waals surface area (Å²) in [7, 11) is -3.25. The molecule has 0 saturated heterocycles. The molecule has 0 spiro atoms. The van der Waals surface area contributed by atoms with Gasteiger partial charge >= 0.3 is 0 Å². The van der Waals surface area contributed by atoms with Crippen LogP contribution in [0.4, 0.5) is 5.69 Å². The van der Waals surface area contributed by atoms with Crippen molar-refractivity contribution in [1.29, 1.82) is 0 Å².